The lowest BCUT2D eigenvalue weighted by Gasteiger charge is -2.42. The van der Waals surface area contributed by atoms with Crippen molar-refractivity contribution in [3.63, 3.8) is 0 Å². The minimum Gasteiger partial charge on any atom is -0.310 e. The van der Waals surface area contributed by atoms with Gasteiger partial charge >= 0.3 is 0 Å². The molecule has 1 aliphatic rings. The lowest BCUT2D eigenvalue weighted by molar-refractivity contribution is 0.159. The van der Waals surface area contributed by atoms with Gasteiger partial charge in [0.25, 0.3) is 0 Å². The Hall–Kier alpha value is -0.410. The van der Waals surface area contributed by atoms with Gasteiger partial charge in [-0.05, 0) is 55.0 Å². The van der Waals surface area contributed by atoms with Crippen LogP contribution in [0.2, 0.25) is 0 Å². The number of rotatable bonds is 2. The molecule has 0 saturated carbocycles. The van der Waals surface area contributed by atoms with Gasteiger partial charge in [-0.25, -0.2) is 4.39 Å². The summed E-state index contributed by atoms with van der Waals surface area (Å²) in [6.45, 7) is 7.85. The van der Waals surface area contributed by atoms with E-state index in [4.69, 9.17) is 0 Å². The van der Waals surface area contributed by atoms with Crippen molar-refractivity contribution in [1.29, 1.82) is 0 Å². The lowest BCUT2D eigenvalue weighted by atomic mass is 9.69. The van der Waals surface area contributed by atoms with E-state index in [-0.39, 0.29) is 16.8 Å². The molecule has 1 aliphatic heterocycles. The smallest absolute Gasteiger partial charge is 0.124 e. The molecule has 0 amide bonds. The molecule has 1 atom stereocenters. The van der Waals surface area contributed by atoms with Crippen LogP contribution in [0, 0.1) is 11.2 Å². The second-order valence-corrected chi connectivity index (χ2v) is 7.23. The van der Waals surface area contributed by atoms with Crippen LogP contribution in [0.15, 0.2) is 22.7 Å². The first-order valence-electron chi connectivity index (χ1n) is 6.52. The fourth-order valence-electron chi connectivity index (χ4n) is 2.92. The van der Waals surface area contributed by atoms with Crippen LogP contribution in [0.4, 0.5) is 4.39 Å². The van der Waals surface area contributed by atoms with E-state index in [2.05, 4.69) is 42.0 Å². The molecule has 1 heterocycles. The van der Waals surface area contributed by atoms with Gasteiger partial charge in [0.05, 0.1) is 0 Å². The van der Waals surface area contributed by atoms with Crippen molar-refractivity contribution < 1.29 is 4.39 Å². The Morgan fingerprint density at radius 3 is 2.56 bits per heavy atom. The van der Waals surface area contributed by atoms with Crippen LogP contribution in [0.3, 0.4) is 0 Å². The molecular formula is C15H21BrFN. The SMILES string of the molecule is CC(C)(C)C1(Cc2cc(F)cc(Br)c2)CCCN1. The van der Waals surface area contributed by atoms with Gasteiger partial charge in [-0.3, -0.25) is 0 Å². The summed E-state index contributed by atoms with van der Waals surface area (Å²) < 4.78 is 14.3. The van der Waals surface area contributed by atoms with Gasteiger partial charge < -0.3 is 5.32 Å². The lowest BCUT2D eigenvalue weighted by Crippen LogP contribution is -2.52. The molecule has 1 aromatic carbocycles. The summed E-state index contributed by atoms with van der Waals surface area (Å²) in [4.78, 5) is 0. The highest BCUT2D eigenvalue weighted by atomic mass is 79.9. The molecule has 0 bridgehead atoms. The third-order valence-electron chi connectivity index (χ3n) is 4.11. The molecule has 1 fully saturated rings. The number of benzene rings is 1. The molecule has 18 heavy (non-hydrogen) atoms. The molecule has 1 N–H and O–H groups in total. The molecule has 1 unspecified atom stereocenters. The van der Waals surface area contributed by atoms with Crippen molar-refractivity contribution in [1.82, 2.24) is 5.32 Å². The van der Waals surface area contributed by atoms with Crippen LogP contribution in [0.1, 0.15) is 39.2 Å². The first kappa shape index (κ1) is 14.0. The molecule has 2 rings (SSSR count). The largest absolute Gasteiger partial charge is 0.310 e. The number of nitrogens with one attached hydrogen (secondary N) is 1. The Balaban J connectivity index is 2.29. The minimum atomic E-state index is -0.165. The summed E-state index contributed by atoms with van der Waals surface area (Å²) in [6.07, 6.45) is 3.24. The average molecular weight is 314 g/mol. The molecule has 1 aromatic rings. The van der Waals surface area contributed by atoms with Gasteiger partial charge in [0, 0.05) is 10.0 Å². The molecule has 0 spiro atoms. The quantitative estimate of drug-likeness (QED) is 0.858. The summed E-state index contributed by atoms with van der Waals surface area (Å²) in [6, 6.07) is 5.18. The monoisotopic (exact) mass is 313 g/mol. The third-order valence-corrected chi connectivity index (χ3v) is 4.57. The van der Waals surface area contributed by atoms with Crippen LogP contribution in [0.5, 0.6) is 0 Å². The highest BCUT2D eigenvalue weighted by molar-refractivity contribution is 9.10. The maximum atomic E-state index is 13.5. The Labute approximate surface area is 117 Å². The van der Waals surface area contributed by atoms with Gasteiger partial charge in [-0.2, -0.15) is 0 Å². The molecular weight excluding hydrogens is 293 g/mol. The van der Waals surface area contributed by atoms with Crippen molar-refractivity contribution in [2.24, 2.45) is 5.41 Å². The maximum absolute atomic E-state index is 13.5. The van der Waals surface area contributed by atoms with Gasteiger partial charge in [0.1, 0.15) is 5.82 Å². The van der Waals surface area contributed by atoms with Crippen LogP contribution in [-0.2, 0) is 6.42 Å². The van der Waals surface area contributed by atoms with E-state index in [1.165, 1.54) is 12.5 Å². The predicted octanol–water partition coefficient (Wildman–Crippen LogP) is 4.30. The zero-order valence-electron chi connectivity index (χ0n) is 11.3. The van der Waals surface area contributed by atoms with Crippen molar-refractivity contribution in [3.8, 4) is 0 Å². The maximum Gasteiger partial charge on any atom is 0.124 e. The second-order valence-electron chi connectivity index (χ2n) is 6.32. The van der Waals surface area contributed by atoms with Crippen LogP contribution >= 0.6 is 15.9 Å². The number of hydrogen-bond donors (Lipinski definition) is 1. The topological polar surface area (TPSA) is 12.0 Å². The number of halogens is 2. The Kier molecular flexibility index (Phi) is 3.84. The zero-order chi connectivity index (χ0) is 13.4. The first-order valence-corrected chi connectivity index (χ1v) is 7.32. The fraction of sp³-hybridized carbons (Fsp3) is 0.600. The third kappa shape index (κ3) is 2.77. The minimum absolute atomic E-state index is 0.0836. The Bertz CT molecular complexity index is 410. The standard InChI is InChI=1S/C15H21BrFN/c1-14(2,3)15(5-4-6-18-15)10-11-7-12(16)9-13(17)8-11/h7-9,18H,4-6,10H2,1-3H3. The summed E-state index contributed by atoms with van der Waals surface area (Å²) in [5.74, 6) is -0.165. The van der Waals surface area contributed by atoms with E-state index in [0.29, 0.717) is 0 Å². The molecule has 1 nitrogen and oxygen atoms in total. The Morgan fingerprint density at radius 2 is 2.06 bits per heavy atom. The van der Waals surface area contributed by atoms with E-state index in [9.17, 15) is 4.39 Å². The van der Waals surface area contributed by atoms with E-state index in [0.717, 1.165) is 29.4 Å². The summed E-state index contributed by atoms with van der Waals surface area (Å²) in [5, 5.41) is 3.66. The summed E-state index contributed by atoms with van der Waals surface area (Å²) >= 11 is 3.37. The van der Waals surface area contributed by atoms with E-state index < -0.39 is 0 Å². The molecule has 100 valence electrons. The normalized spacial score (nSPS) is 24.5. The average Bonchev–Trinajstić information content (AvgIpc) is 2.64. The summed E-state index contributed by atoms with van der Waals surface area (Å²) in [5.41, 5.74) is 1.31. The molecule has 0 aliphatic carbocycles. The van der Waals surface area contributed by atoms with Gasteiger partial charge in [0.15, 0.2) is 0 Å². The Morgan fingerprint density at radius 1 is 1.33 bits per heavy atom. The molecule has 3 heteroatoms. The van der Waals surface area contributed by atoms with Crippen LogP contribution in [0.25, 0.3) is 0 Å². The van der Waals surface area contributed by atoms with E-state index >= 15 is 0 Å². The highest BCUT2D eigenvalue weighted by Crippen LogP contribution is 2.40. The first-order chi connectivity index (χ1) is 8.32. The number of hydrogen-bond acceptors (Lipinski definition) is 1. The molecule has 0 radical (unpaired) electrons. The van der Waals surface area contributed by atoms with Gasteiger partial charge in [-0.1, -0.05) is 36.7 Å². The van der Waals surface area contributed by atoms with E-state index in [1.807, 2.05) is 6.07 Å². The van der Waals surface area contributed by atoms with Gasteiger partial charge in [0.2, 0.25) is 0 Å². The van der Waals surface area contributed by atoms with Crippen molar-refractivity contribution in [2.45, 2.75) is 45.6 Å². The highest BCUT2D eigenvalue weighted by Gasteiger charge is 2.43. The van der Waals surface area contributed by atoms with Crippen molar-refractivity contribution in [2.75, 3.05) is 6.54 Å². The van der Waals surface area contributed by atoms with E-state index in [1.54, 1.807) is 6.07 Å². The second kappa shape index (κ2) is 4.93. The molecule has 1 saturated heterocycles. The fourth-order valence-corrected chi connectivity index (χ4v) is 3.44. The molecule has 0 aromatic heterocycles. The van der Waals surface area contributed by atoms with Crippen molar-refractivity contribution >= 4 is 15.9 Å². The predicted molar refractivity (Wildman–Crippen MR) is 77.2 cm³/mol. The van der Waals surface area contributed by atoms with Crippen LogP contribution < -0.4 is 5.32 Å². The summed E-state index contributed by atoms with van der Waals surface area (Å²) in [7, 11) is 0. The van der Waals surface area contributed by atoms with Gasteiger partial charge in [-0.15, -0.1) is 0 Å². The van der Waals surface area contributed by atoms with Crippen LogP contribution in [-0.4, -0.2) is 12.1 Å². The zero-order valence-corrected chi connectivity index (χ0v) is 12.9. The van der Waals surface area contributed by atoms with Crippen molar-refractivity contribution in [3.05, 3.63) is 34.1 Å².